The second kappa shape index (κ2) is 8.89. The van der Waals surface area contributed by atoms with Crippen molar-refractivity contribution in [2.24, 2.45) is 0 Å². The number of rotatable bonds is 5. The zero-order valence-electron chi connectivity index (χ0n) is 18.7. The molecule has 1 aliphatic heterocycles. The molecule has 1 fully saturated rings. The van der Waals surface area contributed by atoms with Crippen LogP contribution in [0.5, 0.6) is 5.75 Å². The first-order chi connectivity index (χ1) is 15.7. The molecule has 164 valence electrons. The molecule has 32 heavy (non-hydrogen) atoms. The van der Waals surface area contributed by atoms with Crippen LogP contribution in [-0.4, -0.2) is 47.9 Å². The fourth-order valence-electron chi connectivity index (χ4n) is 5.32. The van der Waals surface area contributed by atoms with Gasteiger partial charge in [-0.1, -0.05) is 60.7 Å². The maximum atomic E-state index is 14.1. The number of ether oxygens (including phenoxy) is 1. The summed E-state index contributed by atoms with van der Waals surface area (Å²) in [5.74, 6) is 1.08. The fourth-order valence-corrected chi connectivity index (χ4v) is 5.32. The fraction of sp³-hybridized carbons (Fsp3) is 0.321. The summed E-state index contributed by atoms with van der Waals surface area (Å²) in [5.41, 5.74) is 4.03. The van der Waals surface area contributed by atoms with Gasteiger partial charge in [0.25, 0.3) is 0 Å². The average molecular weight is 427 g/mol. The van der Waals surface area contributed by atoms with Crippen LogP contribution >= 0.6 is 0 Å². The summed E-state index contributed by atoms with van der Waals surface area (Å²) in [6.45, 7) is 4.30. The molecule has 0 N–H and O–H groups in total. The van der Waals surface area contributed by atoms with E-state index >= 15 is 0 Å². The third kappa shape index (κ3) is 3.96. The highest BCUT2D eigenvalue weighted by Crippen LogP contribution is 2.38. The summed E-state index contributed by atoms with van der Waals surface area (Å²) in [6.07, 6.45) is 1.73. The Kier molecular flexibility index (Phi) is 5.81. The number of Topliss-reactive ketones (excluding diaryl/α,β-unsaturated/α-hetero) is 1. The van der Waals surface area contributed by atoms with Crippen LogP contribution in [0.1, 0.15) is 33.5 Å². The van der Waals surface area contributed by atoms with Gasteiger partial charge in [0.15, 0.2) is 5.78 Å². The SMILES string of the molecule is COc1ccc2c(c1)CCC1(CN(Cc3ccccc3)CCN1Cc1ccccc1)C2=O. The van der Waals surface area contributed by atoms with E-state index in [1.165, 1.54) is 11.1 Å². The predicted molar refractivity (Wildman–Crippen MR) is 127 cm³/mol. The normalized spacial score (nSPS) is 21.5. The predicted octanol–water partition coefficient (Wildman–Crippen LogP) is 4.58. The zero-order chi connectivity index (χ0) is 22.0. The van der Waals surface area contributed by atoms with E-state index in [0.29, 0.717) is 0 Å². The Hall–Kier alpha value is -2.95. The van der Waals surface area contributed by atoms with Crippen molar-refractivity contribution in [1.29, 1.82) is 0 Å². The summed E-state index contributed by atoms with van der Waals surface area (Å²) in [7, 11) is 1.68. The van der Waals surface area contributed by atoms with Gasteiger partial charge >= 0.3 is 0 Å². The van der Waals surface area contributed by atoms with E-state index in [2.05, 4.69) is 64.4 Å². The van der Waals surface area contributed by atoms with Gasteiger partial charge in [-0.3, -0.25) is 14.6 Å². The van der Waals surface area contributed by atoms with Crippen LogP contribution in [0, 0.1) is 0 Å². The molecule has 0 bridgehead atoms. The van der Waals surface area contributed by atoms with Gasteiger partial charge in [-0.15, -0.1) is 0 Å². The quantitative estimate of drug-likeness (QED) is 0.598. The molecule has 4 heteroatoms. The lowest BCUT2D eigenvalue weighted by molar-refractivity contribution is -0.00894. The van der Waals surface area contributed by atoms with Crippen LogP contribution in [-0.2, 0) is 19.5 Å². The van der Waals surface area contributed by atoms with E-state index in [1.54, 1.807) is 7.11 Å². The number of aryl methyl sites for hydroxylation is 1. The van der Waals surface area contributed by atoms with Gasteiger partial charge in [-0.25, -0.2) is 0 Å². The number of carbonyl (C=O) groups excluding carboxylic acids is 1. The molecule has 0 radical (unpaired) electrons. The van der Waals surface area contributed by atoms with Crippen molar-refractivity contribution in [3.8, 4) is 5.75 Å². The summed E-state index contributed by atoms with van der Waals surface area (Å²) >= 11 is 0. The third-order valence-corrected chi connectivity index (χ3v) is 7.03. The molecule has 3 aromatic carbocycles. The molecule has 0 aromatic heterocycles. The molecule has 4 nitrogen and oxygen atoms in total. The van der Waals surface area contributed by atoms with Crippen molar-refractivity contribution in [3.05, 3.63) is 101 Å². The monoisotopic (exact) mass is 426 g/mol. The van der Waals surface area contributed by atoms with Crippen molar-refractivity contribution >= 4 is 5.78 Å². The maximum Gasteiger partial charge on any atom is 0.184 e. The van der Waals surface area contributed by atoms with Gasteiger partial charge in [-0.05, 0) is 47.7 Å². The van der Waals surface area contributed by atoms with Crippen molar-refractivity contribution in [2.75, 3.05) is 26.7 Å². The number of hydrogen-bond donors (Lipinski definition) is 0. The Morgan fingerprint density at radius 2 is 1.56 bits per heavy atom. The van der Waals surface area contributed by atoms with E-state index in [4.69, 9.17) is 4.74 Å². The first-order valence-electron chi connectivity index (χ1n) is 11.4. The Morgan fingerprint density at radius 1 is 0.875 bits per heavy atom. The number of carbonyl (C=O) groups is 1. The first-order valence-corrected chi connectivity index (χ1v) is 11.4. The van der Waals surface area contributed by atoms with Gasteiger partial charge in [0, 0.05) is 38.3 Å². The first kappa shape index (κ1) is 20.9. The topological polar surface area (TPSA) is 32.8 Å². The highest BCUT2D eigenvalue weighted by atomic mass is 16.5. The molecule has 1 spiro atoms. The van der Waals surface area contributed by atoms with Crippen LogP contribution in [0.4, 0.5) is 0 Å². The average Bonchev–Trinajstić information content (AvgIpc) is 2.84. The molecule has 0 amide bonds. The Labute approximate surface area is 190 Å². The number of methoxy groups -OCH3 is 1. The molecular formula is C28H30N2O2. The molecule has 1 heterocycles. The lowest BCUT2D eigenvalue weighted by atomic mass is 9.74. The number of nitrogens with zero attached hydrogens (tertiary/aromatic N) is 2. The number of hydrogen-bond acceptors (Lipinski definition) is 4. The zero-order valence-corrected chi connectivity index (χ0v) is 18.7. The third-order valence-electron chi connectivity index (χ3n) is 7.03. The van der Waals surface area contributed by atoms with Crippen LogP contribution < -0.4 is 4.74 Å². The minimum atomic E-state index is -0.496. The summed E-state index contributed by atoms with van der Waals surface area (Å²) in [4.78, 5) is 19.0. The van der Waals surface area contributed by atoms with E-state index in [1.807, 2.05) is 24.3 Å². The van der Waals surface area contributed by atoms with Gasteiger partial charge in [-0.2, -0.15) is 0 Å². The van der Waals surface area contributed by atoms with Crippen molar-refractivity contribution in [1.82, 2.24) is 9.80 Å². The summed E-state index contributed by atoms with van der Waals surface area (Å²) in [5, 5.41) is 0. The minimum absolute atomic E-state index is 0.259. The van der Waals surface area contributed by atoms with Crippen molar-refractivity contribution in [3.63, 3.8) is 0 Å². The number of piperazine rings is 1. The van der Waals surface area contributed by atoms with Crippen molar-refractivity contribution in [2.45, 2.75) is 31.5 Å². The molecule has 3 aromatic rings. The van der Waals surface area contributed by atoms with Gasteiger partial charge < -0.3 is 4.74 Å². The van der Waals surface area contributed by atoms with E-state index in [0.717, 1.165) is 62.4 Å². The number of fused-ring (bicyclic) bond motifs is 1. The summed E-state index contributed by atoms with van der Waals surface area (Å²) in [6, 6.07) is 27.0. The minimum Gasteiger partial charge on any atom is -0.497 e. The lowest BCUT2D eigenvalue weighted by Crippen LogP contribution is -2.66. The Bertz CT molecular complexity index is 1080. The highest BCUT2D eigenvalue weighted by Gasteiger charge is 2.50. The molecule has 0 saturated carbocycles. The standard InChI is InChI=1S/C28H30N2O2/c1-32-25-12-13-26-24(18-25)14-15-28(27(26)31)21-29(19-22-8-4-2-5-9-22)16-17-30(28)20-23-10-6-3-7-11-23/h2-13,18H,14-17,19-21H2,1H3. The van der Waals surface area contributed by atoms with Crippen LogP contribution in [0.2, 0.25) is 0 Å². The molecule has 2 aliphatic rings. The molecule has 1 unspecified atom stereocenters. The van der Waals surface area contributed by atoms with Gasteiger partial charge in [0.2, 0.25) is 0 Å². The summed E-state index contributed by atoms with van der Waals surface area (Å²) < 4.78 is 5.41. The molecule has 5 rings (SSSR count). The van der Waals surface area contributed by atoms with Crippen LogP contribution in [0.15, 0.2) is 78.9 Å². The van der Waals surface area contributed by atoms with Gasteiger partial charge in [0.1, 0.15) is 5.75 Å². The second-order valence-electron chi connectivity index (χ2n) is 8.99. The number of ketones is 1. The second-order valence-corrected chi connectivity index (χ2v) is 8.99. The van der Waals surface area contributed by atoms with E-state index in [9.17, 15) is 4.79 Å². The van der Waals surface area contributed by atoms with E-state index < -0.39 is 5.54 Å². The van der Waals surface area contributed by atoms with Crippen LogP contribution in [0.3, 0.4) is 0 Å². The van der Waals surface area contributed by atoms with E-state index in [-0.39, 0.29) is 5.78 Å². The maximum absolute atomic E-state index is 14.1. The largest absolute Gasteiger partial charge is 0.497 e. The Morgan fingerprint density at radius 3 is 2.25 bits per heavy atom. The van der Waals surface area contributed by atoms with Crippen molar-refractivity contribution < 1.29 is 9.53 Å². The molecular weight excluding hydrogens is 396 g/mol. The highest BCUT2D eigenvalue weighted by molar-refractivity contribution is 6.06. The smallest absolute Gasteiger partial charge is 0.184 e. The number of benzene rings is 3. The van der Waals surface area contributed by atoms with Crippen LogP contribution in [0.25, 0.3) is 0 Å². The molecule has 1 saturated heterocycles. The molecule has 1 atom stereocenters. The molecule has 1 aliphatic carbocycles. The lowest BCUT2D eigenvalue weighted by Gasteiger charge is -2.52. The Balaban J connectivity index is 1.47. The van der Waals surface area contributed by atoms with Gasteiger partial charge in [0.05, 0.1) is 12.6 Å².